The zero-order valence-corrected chi connectivity index (χ0v) is 16.2. The number of hydrogen-bond donors (Lipinski definition) is 0. The Labute approximate surface area is 164 Å². The maximum absolute atomic E-state index is 5.94. The second-order valence-corrected chi connectivity index (χ2v) is 8.33. The molecule has 0 aliphatic carbocycles. The summed E-state index contributed by atoms with van der Waals surface area (Å²) in [5, 5.41) is 9.05. The van der Waals surface area contributed by atoms with E-state index >= 15 is 0 Å². The van der Waals surface area contributed by atoms with Gasteiger partial charge in [0.15, 0.2) is 5.82 Å². The summed E-state index contributed by atoms with van der Waals surface area (Å²) in [7, 11) is 0. The fourth-order valence-corrected chi connectivity index (χ4v) is 4.26. The molecule has 4 aromatic rings. The van der Waals surface area contributed by atoms with Crippen molar-refractivity contribution in [2.24, 2.45) is 0 Å². The van der Waals surface area contributed by atoms with Crippen molar-refractivity contribution in [2.75, 3.05) is 0 Å². The van der Waals surface area contributed by atoms with Gasteiger partial charge in [-0.15, -0.1) is 22.7 Å². The number of benzene rings is 1. The lowest BCUT2D eigenvalue weighted by atomic mass is 10.2. The van der Waals surface area contributed by atoms with Crippen LogP contribution in [0, 0.1) is 0 Å². The van der Waals surface area contributed by atoms with Gasteiger partial charge in [-0.1, -0.05) is 28.9 Å². The highest BCUT2D eigenvalue weighted by Crippen LogP contribution is 2.22. The molecule has 0 saturated heterocycles. The minimum atomic E-state index is 0.517. The summed E-state index contributed by atoms with van der Waals surface area (Å²) in [6, 6.07) is 15.9. The summed E-state index contributed by atoms with van der Waals surface area (Å²) in [4.78, 5) is 9.52. The van der Waals surface area contributed by atoms with E-state index in [1.54, 1.807) is 22.7 Å². The van der Waals surface area contributed by atoms with Crippen LogP contribution in [0.5, 0.6) is 0 Å². The minimum absolute atomic E-state index is 0.517. The van der Waals surface area contributed by atoms with E-state index in [0.29, 0.717) is 23.3 Å². The number of nitrogens with zero attached hydrogens (tertiary/aromatic N) is 3. The van der Waals surface area contributed by atoms with Crippen LogP contribution in [-0.4, -0.2) is 15.0 Å². The van der Waals surface area contributed by atoms with Crippen molar-refractivity contribution in [1.82, 2.24) is 15.0 Å². The van der Waals surface area contributed by atoms with Gasteiger partial charge in [-0.3, -0.25) is 4.90 Å². The number of thiophene rings is 2. The number of halogens is 1. The topological polar surface area (TPSA) is 42.2 Å². The van der Waals surface area contributed by atoms with E-state index in [9.17, 15) is 0 Å². The fourth-order valence-electron chi connectivity index (χ4n) is 2.64. The molecule has 0 aliphatic heterocycles. The molecule has 0 saturated carbocycles. The van der Waals surface area contributed by atoms with Crippen LogP contribution in [-0.2, 0) is 19.6 Å². The zero-order valence-electron chi connectivity index (χ0n) is 13.8. The summed E-state index contributed by atoms with van der Waals surface area (Å²) >= 11 is 9.46. The smallest absolute Gasteiger partial charge is 0.257 e. The normalized spacial score (nSPS) is 11.3. The highest BCUT2D eigenvalue weighted by molar-refractivity contribution is 7.10. The average molecular weight is 402 g/mol. The van der Waals surface area contributed by atoms with E-state index in [0.717, 1.165) is 18.7 Å². The summed E-state index contributed by atoms with van der Waals surface area (Å²) < 4.78 is 5.44. The van der Waals surface area contributed by atoms with Gasteiger partial charge in [0, 0.05) is 33.4 Å². The van der Waals surface area contributed by atoms with E-state index in [1.165, 1.54) is 9.75 Å². The van der Waals surface area contributed by atoms with Gasteiger partial charge in [0.1, 0.15) is 0 Å². The van der Waals surface area contributed by atoms with Gasteiger partial charge in [0.2, 0.25) is 0 Å². The van der Waals surface area contributed by atoms with Gasteiger partial charge in [-0.05, 0) is 47.2 Å². The predicted octanol–water partition coefficient (Wildman–Crippen LogP) is 5.72. The molecule has 3 heterocycles. The molecule has 0 N–H and O–H groups in total. The Hall–Kier alpha value is -1.99. The summed E-state index contributed by atoms with van der Waals surface area (Å²) in [5.74, 6) is 1.20. The molecule has 0 atom stereocenters. The molecule has 4 rings (SSSR count). The SMILES string of the molecule is Clc1ccc(-c2nc(CN(Cc3cccs3)Cc3cccs3)no2)cc1. The van der Waals surface area contributed by atoms with Crippen LogP contribution in [0.2, 0.25) is 5.02 Å². The highest BCUT2D eigenvalue weighted by atomic mass is 35.5. The van der Waals surface area contributed by atoms with Crippen LogP contribution in [0.3, 0.4) is 0 Å². The van der Waals surface area contributed by atoms with Gasteiger partial charge < -0.3 is 4.52 Å². The molecule has 0 unspecified atom stereocenters. The van der Waals surface area contributed by atoms with Gasteiger partial charge >= 0.3 is 0 Å². The van der Waals surface area contributed by atoms with Gasteiger partial charge in [0.25, 0.3) is 5.89 Å². The summed E-state index contributed by atoms with van der Waals surface area (Å²) in [6.07, 6.45) is 0. The van der Waals surface area contributed by atoms with E-state index in [2.05, 4.69) is 50.1 Å². The quantitative estimate of drug-likeness (QED) is 0.397. The lowest BCUT2D eigenvalue weighted by Gasteiger charge is -2.19. The standard InChI is InChI=1S/C19H16ClN3OS2/c20-15-7-5-14(6-8-15)19-21-18(22-24-19)13-23(11-16-3-1-9-25-16)12-17-4-2-10-26-17/h1-10H,11-13H2. The molecular weight excluding hydrogens is 386 g/mol. The van der Waals surface area contributed by atoms with Crippen molar-refractivity contribution in [3.63, 3.8) is 0 Å². The summed E-state index contributed by atoms with van der Waals surface area (Å²) in [6.45, 7) is 2.35. The largest absolute Gasteiger partial charge is 0.334 e. The van der Waals surface area contributed by atoms with Crippen molar-refractivity contribution in [3.05, 3.63) is 79.9 Å². The first-order valence-corrected chi connectivity index (χ1v) is 10.3. The van der Waals surface area contributed by atoms with Crippen molar-refractivity contribution < 1.29 is 4.52 Å². The van der Waals surface area contributed by atoms with Crippen LogP contribution in [0.4, 0.5) is 0 Å². The Morgan fingerprint density at radius 1 is 0.885 bits per heavy atom. The molecule has 0 aliphatic rings. The number of rotatable bonds is 7. The van der Waals surface area contributed by atoms with Gasteiger partial charge in [-0.2, -0.15) is 4.98 Å². The van der Waals surface area contributed by atoms with Crippen molar-refractivity contribution in [2.45, 2.75) is 19.6 Å². The van der Waals surface area contributed by atoms with E-state index in [-0.39, 0.29) is 0 Å². The Morgan fingerprint density at radius 2 is 1.54 bits per heavy atom. The van der Waals surface area contributed by atoms with E-state index in [1.807, 2.05) is 24.3 Å². The van der Waals surface area contributed by atoms with Crippen LogP contribution < -0.4 is 0 Å². The van der Waals surface area contributed by atoms with Crippen molar-refractivity contribution in [3.8, 4) is 11.5 Å². The maximum atomic E-state index is 5.94. The third-order valence-corrected chi connectivity index (χ3v) is 5.82. The predicted molar refractivity (Wildman–Crippen MR) is 106 cm³/mol. The molecule has 0 bridgehead atoms. The Bertz CT molecular complexity index is 898. The second-order valence-electron chi connectivity index (χ2n) is 5.83. The molecule has 1 aromatic carbocycles. The Balaban J connectivity index is 1.50. The molecule has 0 radical (unpaired) electrons. The molecule has 26 heavy (non-hydrogen) atoms. The van der Waals surface area contributed by atoms with E-state index in [4.69, 9.17) is 16.1 Å². The first kappa shape index (κ1) is 17.4. The molecular formula is C19H16ClN3OS2. The molecule has 0 amide bonds. The third kappa shape index (κ3) is 4.40. The monoisotopic (exact) mass is 401 g/mol. The molecule has 132 valence electrons. The Morgan fingerprint density at radius 3 is 2.12 bits per heavy atom. The Kier molecular flexibility index (Phi) is 5.45. The van der Waals surface area contributed by atoms with E-state index < -0.39 is 0 Å². The lowest BCUT2D eigenvalue weighted by Crippen LogP contribution is -2.22. The van der Waals surface area contributed by atoms with Crippen molar-refractivity contribution in [1.29, 1.82) is 0 Å². The van der Waals surface area contributed by atoms with Crippen molar-refractivity contribution >= 4 is 34.3 Å². The average Bonchev–Trinajstić information content (AvgIpc) is 3.38. The second kappa shape index (κ2) is 8.14. The first-order chi connectivity index (χ1) is 12.8. The molecule has 0 fully saturated rings. The lowest BCUT2D eigenvalue weighted by molar-refractivity contribution is 0.241. The van der Waals surface area contributed by atoms with Crippen LogP contribution >= 0.6 is 34.3 Å². The highest BCUT2D eigenvalue weighted by Gasteiger charge is 2.15. The minimum Gasteiger partial charge on any atom is -0.334 e. The summed E-state index contributed by atoms with van der Waals surface area (Å²) in [5.41, 5.74) is 0.871. The first-order valence-electron chi connectivity index (χ1n) is 8.12. The zero-order chi connectivity index (χ0) is 17.8. The molecule has 4 nitrogen and oxygen atoms in total. The fraction of sp³-hybridized carbons (Fsp3) is 0.158. The van der Waals surface area contributed by atoms with Crippen LogP contribution in [0.1, 0.15) is 15.6 Å². The number of aromatic nitrogens is 2. The molecule has 3 aromatic heterocycles. The van der Waals surface area contributed by atoms with Gasteiger partial charge in [0.05, 0.1) is 6.54 Å². The third-order valence-electron chi connectivity index (χ3n) is 3.84. The van der Waals surface area contributed by atoms with Crippen LogP contribution in [0.15, 0.2) is 63.8 Å². The molecule has 7 heteroatoms. The number of hydrogen-bond acceptors (Lipinski definition) is 6. The van der Waals surface area contributed by atoms with Gasteiger partial charge in [-0.25, -0.2) is 0 Å². The maximum Gasteiger partial charge on any atom is 0.257 e. The molecule has 0 spiro atoms. The van der Waals surface area contributed by atoms with Crippen LogP contribution in [0.25, 0.3) is 11.5 Å².